The summed E-state index contributed by atoms with van der Waals surface area (Å²) in [5.74, 6) is 0.293. The third-order valence-electron chi connectivity index (χ3n) is 3.22. The molecule has 2 aromatic carbocycles. The van der Waals surface area contributed by atoms with Crippen LogP contribution in [0.25, 0.3) is 0 Å². The molecule has 0 bridgehead atoms. The molecule has 2 nitrogen and oxygen atoms in total. The zero-order valence-electron chi connectivity index (χ0n) is 11.1. The Kier molecular flexibility index (Phi) is 4.46. The number of hydrogen-bond donors (Lipinski definition) is 2. The van der Waals surface area contributed by atoms with Gasteiger partial charge in [-0.05, 0) is 49.2 Å². The number of halogens is 1. The van der Waals surface area contributed by atoms with Crippen LogP contribution in [0.4, 0.5) is 0 Å². The third-order valence-corrected chi connectivity index (χ3v) is 3.45. The minimum Gasteiger partial charge on any atom is -0.508 e. The van der Waals surface area contributed by atoms with Gasteiger partial charge in [-0.1, -0.05) is 35.9 Å². The number of aromatic hydroxyl groups is 1. The zero-order chi connectivity index (χ0) is 13.8. The maximum absolute atomic E-state index is 9.50. The molecule has 3 heteroatoms. The van der Waals surface area contributed by atoms with Crippen LogP contribution in [-0.2, 0) is 0 Å². The van der Waals surface area contributed by atoms with Gasteiger partial charge in [-0.3, -0.25) is 0 Å². The van der Waals surface area contributed by atoms with E-state index < -0.39 is 0 Å². The van der Waals surface area contributed by atoms with Gasteiger partial charge in [0.1, 0.15) is 5.75 Å². The summed E-state index contributed by atoms with van der Waals surface area (Å²) in [7, 11) is 0. The Hall–Kier alpha value is -1.51. The SMILES string of the molecule is CC(N[C@H](C)c1cccc(Cl)c1)c1cccc(O)c1. The van der Waals surface area contributed by atoms with E-state index in [2.05, 4.69) is 25.2 Å². The molecule has 2 aromatic rings. The molecule has 1 unspecified atom stereocenters. The Morgan fingerprint density at radius 1 is 0.947 bits per heavy atom. The minimum atomic E-state index is 0.154. The highest BCUT2D eigenvalue weighted by Crippen LogP contribution is 2.23. The molecule has 0 spiro atoms. The molecule has 0 aliphatic carbocycles. The lowest BCUT2D eigenvalue weighted by Crippen LogP contribution is -2.22. The molecule has 2 N–H and O–H groups in total. The summed E-state index contributed by atoms with van der Waals surface area (Å²) in [6, 6.07) is 15.5. The average Bonchev–Trinajstić information content (AvgIpc) is 2.38. The van der Waals surface area contributed by atoms with E-state index in [1.807, 2.05) is 30.3 Å². The molecule has 0 radical (unpaired) electrons. The molecule has 0 saturated carbocycles. The topological polar surface area (TPSA) is 32.3 Å². The Morgan fingerprint density at radius 3 is 2.11 bits per heavy atom. The van der Waals surface area contributed by atoms with Gasteiger partial charge in [-0.25, -0.2) is 0 Å². The number of hydrogen-bond acceptors (Lipinski definition) is 2. The molecule has 0 aliphatic heterocycles. The second-order valence-electron chi connectivity index (χ2n) is 4.76. The molecule has 0 amide bonds. The normalized spacial score (nSPS) is 14.1. The predicted molar refractivity (Wildman–Crippen MR) is 79.5 cm³/mol. The lowest BCUT2D eigenvalue weighted by Gasteiger charge is -2.21. The van der Waals surface area contributed by atoms with Crippen molar-refractivity contribution in [3.63, 3.8) is 0 Å². The van der Waals surface area contributed by atoms with Crippen molar-refractivity contribution in [2.24, 2.45) is 0 Å². The molecular formula is C16H18ClNO. The summed E-state index contributed by atoms with van der Waals surface area (Å²) in [5.41, 5.74) is 2.22. The fourth-order valence-electron chi connectivity index (χ4n) is 2.14. The van der Waals surface area contributed by atoms with Crippen molar-refractivity contribution in [3.05, 3.63) is 64.7 Å². The van der Waals surface area contributed by atoms with E-state index in [9.17, 15) is 5.11 Å². The molecule has 0 aromatic heterocycles. The molecule has 0 fully saturated rings. The van der Waals surface area contributed by atoms with E-state index in [1.54, 1.807) is 12.1 Å². The maximum atomic E-state index is 9.50. The lowest BCUT2D eigenvalue weighted by atomic mass is 10.0. The highest BCUT2D eigenvalue weighted by molar-refractivity contribution is 6.30. The zero-order valence-corrected chi connectivity index (χ0v) is 11.9. The molecule has 100 valence electrons. The molecule has 0 heterocycles. The smallest absolute Gasteiger partial charge is 0.115 e. The van der Waals surface area contributed by atoms with Crippen LogP contribution in [-0.4, -0.2) is 5.11 Å². The number of phenols is 1. The Bertz CT molecular complexity index is 506. The van der Waals surface area contributed by atoms with Crippen LogP contribution in [0.3, 0.4) is 0 Å². The number of phenolic OH excluding ortho intramolecular Hbond substituents is 1. The quantitative estimate of drug-likeness (QED) is 0.864. The summed E-state index contributed by atoms with van der Waals surface area (Å²) in [5, 5.41) is 13.7. The van der Waals surface area contributed by atoms with Gasteiger partial charge in [-0.2, -0.15) is 0 Å². The Labute approximate surface area is 119 Å². The second-order valence-corrected chi connectivity index (χ2v) is 5.20. The van der Waals surface area contributed by atoms with Crippen LogP contribution in [0.15, 0.2) is 48.5 Å². The summed E-state index contributed by atoms with van der Waals surface area (Å²) < 4.78 is 0. The highest BCUT2D eigenvalue weighted by Gasteiger charge is 2.11. The predicted octanol–water partition coefficient (Wildman–Crippen LogP) is 4.46. The van der Waals surface area contributed by atoms with Gasteiger partial charge >= 0.3 is 0 Å². The van der Waals surface area contributed by atoms with Gasteiger partial charge in [0.25, 0.3) is 0 Å². The molecule has 0 aliphatic rings. The van der Waals surface area contributed by atoms with Crippen LogP contribution < -0.4 is 5.32 Å². The number of rotatable bonds is 4. The number of benzene rings is 2. The standard InChI is InChI=1S/C16H18ClNO/c1-11(13-5-3-7-15(17)9-13)18-12(2)14-6-4-8-16(19)10-14/h3-12,18-19H,1-2H3/t11-,12?/m1/s1. The Morgan fingerprint density at radius 2 is 1.53 bits per heavy atom. The van der Waals surface area contributed by atoms with E-state index in [4.69, 9.17) is 11.6 Å². The first-order valence-electron chi connectivity index (χ1n) is 6.36. The third kappa shape index (κ3) is 3.72. The molecule has 2 rings (SSSR count). The van der Waals surface area contributed by atoms with Crippen molar-refractivity contribution >= 4 is 11.6 Å². The fraction of sp³-hybridized carbons (Fsp3) is 0.250. The molecule has 19 heavy (non-hydrogen) atoms. The van der Waals surface area contributed by atoms with Crippen LogP contribution in [0.5, 0.6) is 5.75 Å². The molecule has 2 atom stereocenters. The van der Waals surface area contributed by atoms with Gasteiger partial charge in [-0.15, -0.1) is 0 Å². The van der Waals surface area contributed by atoms with E-state index in [0.29, 0.717) is 5.75 Å². The molecule has 0 saturated heterocycles. The lowest BCUT2D eigenvalue weighted by molar-refractivity contribution is 0.466. The van der Waals surface area contributed by atoms with Crippen molar-refractivity contribution in [2.75, 3.05) is 0 Å². The van der Waals surface area contributed by atoms with E-state index in [0.717, 1.165) is 16.1 Å². The minimum absolute atomic E-state index is 0.154. The van der Waals surface area contributed by atoms with Gasteiger partial charge in [0.05, 0.1) is 0 Å². The summed E-state index contributed by atoms with van der Waals surface area (Å²) in [6.07, 6.45) is 0. The largest absolute Gasteiger partial charge is 0.508 e. The van der Waals surface area contributed by atoms with Gasteiger partial charge in [0.15, 0.2) is 0 Å². The van der Waals surface area contributed by atoms with Crippen LogP contribution >= 0.6 is 11.6 Å². The Balaban J connectivity index is 2.08. The van der Waals surface area contributed by atoms with Crippen molar-refractivity contribution in [2.45, 2.75) is 25.9 Å². The summed E-state index contributed by atoms with van der Waals surface area (Å²) in [6.45, 7) is 4.18. The fourth-order valence-corrected chi connectivity index (χ4v) is 2.34. The average molecular weight is 276 g/mol. The van der Waals surface area contributed by atoms with Gasteiger partial charge in [0.2, 0.25) is 0 Å². The first-order chi connectivity index (χ1) is 9.06. The maximum Gasteiger partial charge on any atom is 0.115 e. The first kappa shape index (κ1) is 13.9. The summed E-state index contributed by atoms with van der Waals surface area (Å²) in [4.78, 5) is 0. The van der Waals surface area contributed by atoms with Crippen molar-refractivity contribution < 1.29 is 5.11 Å². The van der Waals surface area contributed by atoms with Crippen molar-refractivity contribution in [1.29, 1.82) is 0 Å². The van der Waals surface area contributed by atoms with Crippen LogP contribution in [0.2, 0.25) is 5.02 Å². The second kappa shape index (κ2) is 6.09. The van der Waals surface area contributed by atoms with Crippen LogP contribution in [0.1, 0.15) is 37.1 Å². The molecular weight excluding hydrogens is 258 g/mol. The highest BCUT2D eigenvalue weighted by atomic mass is 35.5. The van der Waals surface area contributed by atoms with E-state index in [1.165, 1.54) is 0 Å². The summed E-state index contributed by atoms with van der Waals surface area (Å²) >= 11 is 6.00. The van der Waals surface area contributed by atoms with Gasteiger partial charge in [0, 0.05) is 17.1 Å². The van der Waals surface area contributed by atoms with Crippen LogP contribution in [0, 0.1) is 0 Å². The van der Waals surface area contributed by atoms with Gasteiger partial charge < -0.3 is 10.4 Å². The van der Waals surface area contributed by atoms with Crippen molar-refractivity contribution in [1.82, 2.24) is 5.32 Å². The van der Waals surface area contributed by atoms with E-state index >= 15 is 0 Å². The monoisotopic (exact) mass is 275 g/mol. The van der Waals surface area contributed by atoms with E-state index in [-0.39, 0.29) is 12.1 Å². The van der Waals surface area contributed by atoms with Crippen molar-refractivity contribution in [3.8, 4) is 5.75 Å². The first-order valence-corrected chi connectivity index (χ1v) is 6.74. The number of nitrogens with one attached hydrogen (secondary N) is 1.